The lowest BCUT2D eigenvalue weighted by Crippen LogP contribution is -2.21. The van der Waals surface area contributed by atoms with E-state index in [1.807, 2.05) is 6.07 Å². The first-order valence-electron chi connectivity index (χ1n) is 6.07. The van der Waals surface area contributed by atoms with E-state index < -0.39 is 24.1 Å². The van der Waals surface area contributed by atoms with Crippen molar-refractivity contribution in [3.63, 3.8) is 0 Å². The molecule has 0 atom stereocenters. The predicted octanol–water partition coefficient (Wildman–Crippen LogP) is 3.51. The maximum Gasteiger partial charge on any atom is 0.262 e. The molecular weight excluding hydrogens is 314 g/mol. The minimum Gasteiger partial charge on any atom is -0.482 e. The third kappa shape index (κ3) is 3.93. The summed E-state index contributed by atoms with van der Waals surface area (Å²) in [4.78, 5) is 11.7. The average molecular weight is 323 g/mol. The number of nitrogens with one attached hydrogen (secondary N) is 1. The Kier molecular flexibility index (Phi) is 4.92. The average Bonchev–Trinajstić information content (AvgIpc) is 2.48. The Morgan fingerprint density at radius 2 is 2.05 bits per heavy atom. The van der Waals surface area contributed by atoms with Gasteiger partial charge in [-0.1, -0.05) is 11.6 Å². The molecule has 0 bridgehead atoms. The number of hydrogen-bond donors (Lipinski definition) is 1. The molecule has 0 aliphatic heterocycles. The molecule has 2 aromatic carbocycles. The summed E-state index contributed by atoms with van der Waals surface area (Å²) in [5.41, 5.74) is 0.205. The van der Waals surface area contributed by atoms with Gasteiger partial charge in [-0.25, -0.2) is 8.78 Å². The molecule has 2 aromatic rings. The summed E-state index contributed by atoms with van der Waals surface area (Å²) in [5.74, 6) is -2.04. The first-order valence-corrected chi connectivity index (χ1v) is 6.45. The molecule has 0 heterocycles. The van der Waals surface area contributed by atoms with E-state index in [2.05, 4.69) is 5.32 Å². The van der Waals surface area contributed by atoms with E-state index >= 15 is 0 Å². The number of nitriles is 1. The second-order valence-corrected chi connectivity index (χ2v) is 4.63. The van der Waals surface area contributed by atoms with Crippen LogP contribution in [-0.2, 0) is 4.79 Å². The van der Waals surface area contributed by atoms with Gasteiger partial charge in [-0.2, -0.15) is 5.26 Å². The van der Waals surface area contributed by atoms with Gasteiger partial charge in [0, 0.05) is 6.07 Å². The van der Waals surface area contributed by atoms with Gasteiger partial charge in [0.25, 0.3) is 5.91 Å². The third-order valence-electron chi connectivity index (χ3n) is 2.62. The number of ether oxygens (including phenoxy) is 1. The van der Waals surface area contributed by atoms with Crippen molar-refractivity contribution >= 4 is 23.2 Å². The van der Waals surface area contributed by atoms with Crippen molar-refractivity contribution in [2.75, 3.05) is 11.9 Å². The molecule has 0 aliphatic rings. The number of rotatable bonds is 4. The predicted molar refractivity (Wildman–Crippen MR) is 76.6 cm³/mol. The topological polar surface area (TPSA) is 62.1 Å². The highest BCUT2D eigenvalue weighted by Gasteiger charge is 2.10. The van der Waals surface area contributed by atoms with Crippen molar-refractivity contribution in [2.24, 2.45) is 0 Å². The molecular formula is C15H9ClF2N2O2. The molecule has 0 saturated heterocycles. The summed E-state index contributed by atoms with van der Waals surface area (Å²) in [7, 11) is 0. The Balaban J connectivity index is 1.97. The van der Waals surface area contributed by atoms with E-state index in [0.717, 1.165) is 12.1 Å². The SMILES string of the molecule is N#Cc1ccc(OCC(=O)Nc2ccc(F)cc2F)c(Cl)c1. The molecule has 0 saturated carbocycles. The summed E-state index contributed by atoms with van der Waals surface area (Å²) in [5, 5.41) is 11.1. The monoisotopic (exact) mass is 322 g/mol. The number of anilines is 1. The van der Waals surface area contributed by atoms with Gasteiger partial charge in [0.2, 0.25) is 0 Å². The van der Waals surface area contributed by atoms with E-state index in [1.165, 1.54) is 18.2 Å². The van der Waals surface area contributed by atoms with Crippen LogP contribution >= 0.6 is 11.6 Å². The molecule has 0 unspecified atom stereocenters. The van der Waals surface area contributed by atoms with Gasteiger partial charge in [0.15, 0.2) is 6.61 Å². The van der Waals surface area contributed by atoms with Gasteiger partial charge in [0.05, 0.1) is 22.3 Å². The second-order valence-electron chi connectivity index (χ2n) is 4.22. The summed E-state index contributed by atoms with van der Waals surface area (Å²) in [6.45, 7) is -0.414. The second kappa shape index (κ2) is 6.87. The highest BCUT2D eigenvalue weighted by molar-refractivity contribution is 6.32. The standard InChI is InChI=1S/C15H9ClF2N2O2/c16-11-5-9(7-19)1-4-14(11)22-8-15(21)20-13-3-2-10(17)6-12(13)18/h1-6H,8H2,(H,20,21). The lowest BCUT2D eigenvalue weighted by molar-refractivity contribution is -0.118. The number of hydrogen-bond acceptors (Lipinski definition) is 3. The van der Waals surface area contributed by atoms with E-state index in [4.69, 9.17) is 21.6 Å². The molecule has 0 fully saturated rings. The van der Waals surface area contributed by atoms with E-state index in [1.54, 1.807) is 0 Å². The first kappa shape index (κ1) is 15.7. The smallest absolute Gasteiger partial charge is 0.262 e. The third-order valence-corrected chi connectivity index (χ3v) is 2.92. The van der Waals surface area contributed by atoms with Gasteiger partial charge in [-0.05, 0) is 30.3 Å². The van der Waals surface area contributed by atoms with E-state index in [-0.39, 0.29) is 16.5 Å². The minimum absolute atomic E-state index is 0.152. The molecule has 2 rings (SSSR count). The van der Waals surface area contributed by atoms with Crippen LogP contribution in [0.5, 0.6) is 5.75 Å². The summed E-state index contributed by atoms with van der Waals surface area (Å²) in [6.07, 6.45) is 0. The number of carbonyl (C=O) groups is 1. The van der Waals surface area contributed by atoms with Gasteiger partial charge in [-0.15, -0.1) is 0 Å². The van der Waals surface area contributed by atoms with Crippen LogP contribution in [0.3, 0.4) is 0 Å². The normalized spacial score (nSPS) is 9.91. The Labute approximate surface area is 129 Å². The van der Waals surface area contributed by atoms with Crippen molar-refractivity contribution in [3.05, 3.63) is 58.6 Å². The maximum atomic E-state index is 13.4. The van der Waals surface area contributed by atoms with Crippen molar-refractivity contribution in [1.29, 1.82) is 5.26 Å². The number of nitrogens with zero attached hydrogens (tertiary/aromatic N) is 1. The van der Waals surface area contributed by atoms with E-state index in [0.29, 0.717) is 11.6 Å². The molecule has 0 radical (unpaired) electrons. The van der Waals surface area contributed by atoms with Crippen LogP contribution in [0, 0.1) is 23.0 Å². The van der Waals surface area contributed by atoms with Crippen molar-refractivity contribution < 1.29 is 18.3 Å². The fourth-order valence-corrected chi connectivity index (χ4v) is 1.84. The zero-order valence-corrected chi connectivity index (χ0v) is 11.8. The lowest BCUT2D eigenvalue weighted by atomic mass is 10.2. The molecule has 0 aromatic heterocycles. The van der Waals surface area contributed by atoms with Crippen molar-refractivity contribution in [3.8, 4) is 11.8 Å². The van der Waals surface area contributed by atoms with Crippen molar-refractivity contribution in [1.82, 2.24) is 0 Å². The van der Waals surface area contributed by atoms with Crippen LogP contribution < -0.4 is 10.1 Å². The highest BCUT2D eigenvalue weighted by Crippen LogP contribution is 2.25. The van der Waals surface area contributed by atoms with Crippen LogP contribution in [0.15, 0.2) is 36.4 Å². The Bertz CT molecular complexity index is 760. The zero-order chi connectivity index (χ0) is 16.1. The molecule has 112 valence electrons. The van der Waals surface area contributed by atoms with Crippen LogP contribution in [0.25, 0.3) is 0 Å². The molecule has 22 heavy (non-hydrogen) atoms. The highest BCUT2D eigenvalue weighted by atomic mass is 35.5. The Morgan fingerprint density at radius 3 is 2.68 bits per heavy atom. The summed E-state index contributed by atoms with van der Waals surface area (Å²) < 4.78 is 31.3. The van der Waals surface area contributed by atoms with Gasteiger partial charge in [-0.3, -0.25) is 4.79 Å². The summed E-state index contributed by atoms with van der Waals surface area (Å²) >= 11 is 5.88. The number of benzene rings is 2. The number of amides is 1. The van der Waals surface area contributed by atoms with E-state index in [9.17, 15) is 13.6 Å². The summed E-state index contributed by atoms with van der Waals surface area (Å²) in [6, 6.07) is 9.04. The fraction of sp³-hybridized carbons (Fsp3) is 0.0667. The number of halogens is 3. The molecule has 1 amide bonds. The van der Waals surface area contributed by atoms with Crippen LogP contribution in [0.4, 0.5) is 14.5 Å². The van der Waals surface area contributed by atoms with Crippen LogP contribution in [0.2, 0.25) is 5.02 Å². The molecule has 4 nitrogen and oxygen atoms in total. The molecule has 7 heteroatoms. The molecule has 0 aliphatic carbocycles. The first-order chi connectivity index (χ1) is 10.5. The number of carbonyl (C=O) groups excluding carboxylic acids is 1. The Morgan fingerprint density at radius 1 is 1.27 bits per heavy atom. The van der Waals surface area contributed by atoms with Gasteiger partial charge in [0.1, 0.15) is 17.4 Å². The lowest BCUT2D eigenvalue weighted by Gasteiger charge is -2.09. The zero-order valence-electron chi connectivity index (χ0n) is 11.1. The minimum atomic E-state index is -0.884. The van der Waals surface area contributed by atoms with Gasteiger partial charge >= 0.3 is 0 Å². The maximum absolute atomic E-state index is 13.4. The quantitative estimate of drug-likeness (QED) is 0.937. The molecule has 0 spiro atoms. The van der Waals surface area contributed by atoms with Crippen LogP contribution in [0.1, 0.15) is 5.56 Å². The Hall–Kier alpha value is -2.65. The molecule has 1 N–H and O–H groups in total. The fourth-order valence-electron chi connectivity index (χ4n) is 1.61. The van der Waals surface area contributed by atoms with Gasteiger partial charge < -0.3 is 10.1 Å². The van der Waals surface area contributed by atoms with Crippen molar-refractivity contribution in [2.45, 2.75) is 0 Å². The van der Waals surface area contributed by atoms with Crippen LogP contribution in [-0.4, -0.2) is 12.5 Å². The largest absolute Gasteiger partial charge is 0.482 e.